The van der Waals surface area contributed by atoms with Crippen LogP contribution in [0.25, 0.3) is 10.8 Å². The second-order valence-corrected chi connectivity index (χ2v) is 6.21. The molecule has 0 unspecified atom stereocenters. The lowest BCUT2D eigenvalue weighted by Gasteiger charge is -2.09. The number of benzene rings is 2. The van der Waals surface area contributed by atoms with E-state index in [0.717, 1.165) is 35.3 Å². The monoisotopic (exact) mass is 330 g/mol. The molecule has 0 saturated heterocycles. The molecule has 0 heterocycles. The third-order valence-electron chi connectivity index (χ3n) is 4.16. The maximum atomic E-state index is 8.81. The Bertz CT molecular complexity index is 595. The highest BCUT2D eigenvalue weighted by Gasteiger charge is 2.01. The molecule has 0 saturated carbocycles. The molecule has 0 fully saturated rings. The first-order valence-corrected chi connectivity index (χ1v) is 9.24. The van der Waals surface area contributed by atoms with Crippen molar-refractivity contribution in [3.8, 4) is 11.5 Å². The summed E-state index contributed by atoms with van der Waals surface area (Å²) in [5, 5.41) is 11.1. The van der Waals surface area contributed by atoms with E-state index >= 15 is 0 Å². The van der Waals surface area contributed by atoms with Crippen LogP contribution in [0.15, 0.2) is 36.4 Å². The fourth-order valence-electron chi connectivity index (χ4n) is 2.79. The van der Waals surface area contributed by atoms with Gasteiger partial charge in [0.15, 0.2) is 0 Å². The van der Waals surface area contributed by atoms with Crippen molar-refractivity contribution in [2.75, 3.05) is 19.8 Å². The van der Waals surface area contributed by atoms with Crippen molar-refractivity contribution in [1.82, 2.24) is 0 Å². The Morgan fingerprint density at radius 3 is 1.83 bits per heavy atom. The first-order chi connectivity index (χ1) is 11.8. The summed E-state index contributed by atoms with van der Waals surface area (Å²) in [4.78, 5) is 0. The second kappa shape index (κ2) is 10.9. The van der Waals surface area contributed by atoms with Crippen LogP contribution in [0.4, 0.5) is 0 Å². The first kappa shape index (κ1) is 18.6. The molecule has 24 heavy (non-hydrogen) atoms. The molecule has 0 amide bonds. The zero-order valence-electron chi connectivity index (χ0n) is 14.8. The molecule has 3 nitrogen and oxygen atoms in total. The lowest BCUT2D eigenvalue weighted by Crippen LogP contribution is -2.01. The van der Waals surface area contributed by atoms with Gasteiger partial charge < -0.3 is 14.6 Å². The highest BCUT2D eigenvalue weighted by molar-refractivity contribution is 5.85. The summed E-state index contributed by atoms with van der Waals surface area (Å²) in [5.41, 5.74) is 0. The Morgan fingerprint density at radius 1 is 0.708 bits per heavy atom. The van der Waals surface area contributed by atoms with E-state index < -0.39 is 0 Å². The Hall–Kier alpha value is -1.74. The van der Waals surface area contributed by atoms with E-state index in [1.165, 1.54) is 38.5 Å². The molecular formula is C21H30O3. The summed E-state index contributed by atoms with van der Waals surface area (Å²) in [6, 6.07) is 12.1. The van der Waals surface area contributed by atoms with E-state index in [4.69, 9.17) is 14.6 Å². The highest BCUT2D eigenvalue weighted by Crippen LogP contribution is 2.25. The van der Waals surface area contributed by atoms with Crippen molar-refractivity contribution in [3.05, 3.63) is 36.4 Å². The van der Waals surface area contributed by atoms with E-state index in [9.17, 15) is 0 Å². The van der Waals surface area contributed by atoms with Gasteiger partial charge in [-0.05, 0) is 41.5 Å². The molecule has 2 rings (SSSR count). The van der Waals surface area contributed by atoms with Crippen molar-refractivity contribution in [3.63, 3.8) is 0 Å². The summed E-state index contributed by atoms with van der Waals surface area (Å²) >= 11 is 0. The SMILES string of the molecule is CCCCCCCCCOc1ccc2cc(OCCO)ccc2c1. The molecule has 2 aromatic rings. The topological polar surface area (TPSA) is 38.7 Å². The molecule has 0 radical (unpaired) electrons. The fraction of sp³-hybridized carbons (Fsp3) is 0.524. The van der Waals surface area contributed by atoms with Crippen LogP contribution in [0.5, 0.6) is 11.5 Å². The van der Waals surface area contributed by atoms with Crippen molar-refractivity contribution >= 4 is 10.8 Å². The van der Waals surface area contributed by atoms with Gasteiger partial charge in [-0.3, -0.25) is 0 Å². The van der Waals surface area contributed by atoms with Gasteiger partial charge in [-0.15, -0.1) is 0 Å². The Balaban J connectivity index is 1.74. The van der Waals surface area contributed by atoms with E-state index in [2.05, 4.69) is 19.1 Å². The predicted octanol–water partition coefficient (Wildman–Crippen LogP) is 5.34. The minimum absolute atomic E-state index is 0.0312. The number of unbranched alkanes of at least 4 members (excludes halogenated alkanes) is 6. The van der Waals surface area contributed by atoms with Crippen molar-refractivity contribution in [1.29, 1.82) is 0 Å². The van der Waals surface area contributed by atoms with E-state index in [1.54, 1.807) is 0 Å². The van der Waals surface area contributed by atoms with E-state index in [1.807, 2.05) is 24.3 Å². The minimum atomic E-state index is 0.0312. The van der Waals surface area contributed by atoms with Gasteiger partial charge in [0.25, 0.3) is 0 Å². The van der Waals surface area contributed by atoms with Crippen LogP contribution in [-0.2, 0) is 0 Å². The van der Waals surface area contributed by atoms with E-state index in [-0.39, 0.29) is 6.61 Å². The first-order valence-electron chi connectivity index (χ1n) is 9.24. The molecule has 132 valence electrons. The number of hydrogen-bond donors (Lipinski definition) is 1. The van der Waals surface area contributed by atoms with Crippen molar-refractivity contribution in [2.24, 2.45) is 0 Å². The summed E-state index contributed by atoms with van der Waals surface area (Å²) in [6.07, 6.45) is 9.08. The van der Waals surface area contributed by atoms with E-state index in [0.29, 0.717) is 6.61 Å². The quantitative estimate of drug-likeness (QED) is 0.534. The minimum Gasteiger partial charge on any atom is -0.494 e. The Labute approximate surface area is 145 Å². The molecule has 0 aliphatic rings. The van der Waals surface area contributed by atoms with Gasteiger partial charge in [0.2, 0.25) is 0 Å². The van der Waals surface area contributed by atoms with Gasteiger partial charge in [0, 0.05) is 0 Å². The van der Waals surface area contributed by atoms with Gasteiger partial charge in [-0.25, -0.2) is 0 Å². The molecule has 0 atom stereocenters. The Kier molecular flexibility index (Phi) is 8.47. The van der Waals surface area contributed by atoms with Crippen LogP contribution in [0.2, 0.25) is 0 Å². The van der Waals surface area contributed by atoms with Crippen molar-refractivity contribution < 1.29 is 14.6 Å². The summed E-state index contributed by atoms with van der Waals surface area (Å²) < 4.78 is 11.3. The molecule has 0 aliphatic carbocycles. The third-order valence-corrected chi connectivity index (χ3v) is 4.16. The zero-order chi connectivity index (χ0) is 17.0. The summed E-state index contributed by atoms with van der Waals surface area (Å²) in [7, 11) is 0. The number of ether oxygens (including phenoxy) is 2. The maximum Gasteiger partial charge on any atom is 0.120 e. The average Bonchev–Trinajstić information content (AvgIpc) is 2.62. The maximum absolute atomic E-state index is 8.81. The second-order valence-electron chi connectivity index (χ2n) is 6.21. The van der Waals surface area contributed by atoms with Gasteiger partial charge in [-0.1, -0.05) is 57.6 Å². The molecule has 0 spiro atoms. The smallest absolute Gasteiger partial charge is 0.120 e. The number of fused-ring (bicyclic) bond motifs is 1. The fourth-order valence-corrected chi connectivity index (χ4v) is 2.79. The van der Waals surface area contributed by atoms with Gasteiger partial charge in [0.1, 0.15) is 18.1 Å². The zero-order valence-corrected chi connectivity index (χ0v) is 14.8. The number of hydrogen-bond acceptors (Lipinski definition) is 3. The van der Waals surface area contributed by atoms with Crippen LogP contribution in [0, 0.1) is 0 Å². The van der Waals surface area contributed by atoms with Gasteiger partial charge in [0.05, 0.1) is 13.2 Å². The molecule has 0 bridgehead atoms. The predicted molar refractivity (Wildman–Crippen MR) is 100 cm³/mol. The standard InChI is InChI=1S/C21H30O3/c1-2-3-4-5-6-7-8-14-23-20-11-9-19-17-21(24-15-13-22)12-10-18(19)16-20/h9-12,16-17,22H,2-8,13-15H2,1H3. The molecule has 0 aromatic heterocycles. The van der Waals surface area contributed by atoms with Gasteiger partial charge in [-0.2, -0.15) is 0 Å². The lowest BCUT2D eigenvalue weighted by molar-refractivity contribution is 0.201. The molecular weight excluding hydrogens is 300 g/mol. The molecule has 0 aliphatic heterocycles. The highest BCUT2D eigenvalue weighted by atomic mass is 16.5. The number of rotatable bonds is 12. The number of aliphatic hydroxyl groups is 1. The molecule has 1 N–H and O–H groups in total. The summed E-state index contributed by atoms with van der Waals surface area (Å²) in [6.45, 7) is 3.39. The molecule has 3 heteroatoms. The summed E-state index contributed by atoms with van der Waals surface area (Å²) in [5.74, 6) is 1.71. The van der Waals surface area contributed by atoms with Crippen LogP contribution in [0.3, 0.4) is 0 Å². The van der Waals surface area contributed by atoms with Crippen LogP contribution in [-0.4, -0.2) is 24.9 Å². The van der Waals surface area contributed by atoms with Gasteiger partial charge >= 0.3 is 0 Å². The lowest BCUT2D eigenvalue weighted by atomic mass is 10.1. The van der Waals surface area contributed by atoms with Crippen LogP contribution in [0.1, 0.15) is 51.9 Å². The van der Waals surface area contributed by atoms with Crippen LogP contribution >= 0.6 is 0 Å². The molecule has 2 aromatic carbocycles. The third kappa shape index (κ3) is 6.40. The normalized spacial score (nSPS) is 10.9. The van der Waals surface area contributed by atoms with Crippen molar-refractivity contribution in [2.45, 2.75) is 51.9 Å². The number of aliphatic hydroxyl groups excluding tert-OH is 1. The largest absolute Gasteiger partial charge is 0.494 e. The van der Waals surface area contributed by atoms with Crippen LogP contribution < -0.4 is 9.47 Å². The Morgan fingerprint density at radius 2 is 1.25 bits per heavy atom. The average molecular weight is 330 g/mol.